The van der Waals surface area contributed by atoms with Gasteiger partial charge < -0.3 is 5.11 Å². The predicted molar refractivity (Wildman–Crippen MR) is 75.5 cm³/mol. The molecular formula is C15H20FN3O. The van der Waals surface area contributed by atoms with Gasteiger partial charge in [0.05, 0.1) is 12.3 Å². The molecule has 1 heterocycles. The molecule has 108 valence electrons. The Hall–Kier alpha value is -1.75. The topological polar surface area (TPSA) is 50.9 Å². The second kappa shape index (κ2) is 7.14. The van der Waals surface area contributed by atoms with Crippen LogP contribution in [0, 0.1) is 5.82 Å². The Labute approximate surface area is 118 Å². The molecule has 0 amide bonds. The van der Waals surface area contributed by atoms with Crippen LogP contribution in [-0.4, -0.2) is 20.1 Å². The highest BCUT2D eigenvalue weighted by molar-refractivity contribution is 5.62. The molecular weight excluding hydrogens is 257 g/mol. The van der Waals surface area contributed by atoms with Crippen molar-refractivity contribution in [3.05, 3.63) is 35.8 Å². The highest BCUT2D eigenvalue weighted by Gasteiger charge is 2.16. The minimum atomic E-state index is -0.320. The molecule has 0 atom stereocenters. The zero-order valence-electron chi connectivity index (χ0n) is 11.7. The van der Waals surface area contributed by atoms with Gasteiger partial charge in [-0.15, -0.1) is 5.10 Å². The van der Waals surface area contributed by atoms with E-state index in [1.165, 1.54) is 18.9 Å². The van der Waals surface area contributed by atoms with Crippen molar-refractivity contribution in [2.24, 2.45) is 0 Å². The fourth-order valence-electron chi connectivity index (χ4n) is 2.25. The molecule has 2 aromatic rings. The van der Waals surface area contributed by atoms with Gasteiger partial charge in [0, 0.05) is 12.1 Å². The van der Waals surface area contributed by atoms with Crippen LogP contribution in [0.15, 0.2) is 24.3 Å². The van der Waals surface area contributed by atoms with E-state index in [-0.39, 0.29) is 12.4 Å². The molecule has 4 nitrogen and oxygen atoms in total. The Morgan fingerprint density at radius 2 is 2.00 bits per heavy atom. The second-order valence-electron chi connectivity index (χ2n) is 4.81. The van der Waals surface area contributed by atoms with E-state index in [0.29, 0.717) is 23.5 Å². The number of benzene rings is 1. The van der Waals surface area contributed by atoms with Gasteiger partial charge in [0.2, 0.25) is 0 Å². The number of hydrogen-bond donors (Lipinski definition) is 1. The maximum Gasteiger partial charge on any atom is 0.132 e. The molecule has 0 saturated carbocycles. The normalized spacial score (nSPS) is 10.9. The van der Waals surface area contributed by atoms with Crippen LogP contribution in [-0.2, 0) is 13.2 Å². The van der Waals surface area contributed by atoms with Crippen molar-refractivity contribution in [3.63, 3.8) is 0 Å². The minimum Gasteiger partial charge on any atom is -0.390 e. The van der Waals surface area contributed by atoms with Crippen LogP contribution in [0.4, 0.5) is 4.39 Å². The Morgan fingerprint density at radius 1 is 1.20 bits per heavy atom. The van der Waals surface area contributed by atoms with Crippen molar-refractivity contribution < 1.29 is 9.50 Å². The van der Waals surface area contributed by atoms with Gasteiger partial charge in [-0.2, -0.15) is 0 Å². The Balaban J connectivity index is 2.26. The number of nitrogens with zero attached hydrogens (tertiary/aromatic N) is 3. The monoisotopic (exact) mass is 277 g/mol. The molecule has 0 aliphatic heterocycles. The summed E-state index contributed by atoms with van der Waals surface area (Å²) in [6, 6.07) is 6.52. The summed E-state index contributed by atoms with van der Waals surface area (Å²) in [5, 5.41) is 17.3. The van der Waals surface area contributed by atoms with Crippen molar-refractivity contribution in [2.45, 2.75) is 45.8 Å². The van der Waals surface area contributed by atoms with E-state index < -0.39 is 0 Å². The fraction of sp³-hybridized carbons (Fsp3) is 0.467. The zero-order chi connectivity index (χ0) is 14.4. The SMILES string of the molecule is CCCCCCn1nnc(CO)c1-c1ccccc1F. The standard InChI is InChI=1S/C15H20FN3O/c1-2-3-4-7-10-19-15(14(11-20)17-18-19)12-8-5-6-9-13(12)16/h5-6,8-9,20H,2-4,7,10-11H2,1H3. The largest absolute Gasteiger partial charge is 0.390 e. The molecule has 0 radical (unpaired) electrons. The van der Waals surface area contributed by atoms with Gasteiger partial charge in [0.25, 0.3) is 0 Å². The lowest BCUT2D eigenvalue weighted by atomic mass is 10.1. The zero-order valence-corrected chi connectivity index (χ0v) is 11.7. The van der Waals surface area contributed by atoms with Gasteiger partial charge >= 0.3 is 0 Å². The van der Waals surface area contributed by atoms with Crippen LogP contribution < -0.4 is 0 Å². The van der Waals surface area contributed by atoms with E-state index in [1.807, 2.05) is 0 Å². The van der Waals surface area contributed by atoms with Crippen molar-refractivity contribution in [1.82, 2.24) is 15.0 Å². The van der Waals surface area contributed by atoms with Crippen LogP contribution in [0.3, 0.4) is 0 Å². The van der Waals surface area contributed by atoms with Gasteiger partial charge in [-0.1, -0.05) is 43.5 Å². The molecule has 1 aromatic heterocycles. The summed E-state index contributed by atoms with van der Waals surface area (Å²) >= 11 is 0. The Bertz CT molecular complexity index is 554. The van der Waals surface area contributed by atoms with Crippen molar-refractivity contribution in [2.75, 3.05) is 0 Å². The van der Waals surface area contributed by atoms with Crippen molar-refractivity contribution >= 4 is 0 Å². The number of unbranched alkanes of at least 4 members (excludes halogenated alkanes) is 3. The minimum absolute atomic E-state index is 0.237. The first-order valence-electron chi connectivity index (χ1n) is 7.06. The summed E-state index contributed by atoms with van der Waals surface area (Å²) in [5.41, 5.74) is 1.45. The highest BCUT2D eigenvalue weighted by Crippen LogP contribution is 2.25. The van der Waals surface area contributed by atoms with E-state index in [4.69, 9.17) is 0 Å². The van der Waals surface area contributed by atoms with E-state index in [1.54, 1.807) is 22.9 Å². The maximum absolute atomic E-state index is 13.9. The van der Waals surface area contributed by atoms with E-state index in [2.05, 4.69) is 17.2 Å². The lowest BCUT2D eigenvalue weighted by Crippen LogP contribution is -2.04. The number of rotatable bonds is 7. The van der Waals surface area contributed by atoms with Crippen molar-refractivity contribution in [3.8, 4) is 11.3 Å². The van der Waals surface area contributed by atoms with Gasteiger partial charge in [0.1, 0.15) is 11.5 Å². The lowest BCUT2D eigenvalue weighted by molar-refractivity contribution is 0.277. The molecule has 2 rings (SSSR count). The molecule has 20 heavy (non-hydrogen) atoms. The average molecular weight is 277 g/mol. The van der Waals surface area contributed by atoms with Crippen LogP contribution in [0.5, 0.6) is 0 Å². The molecule has 1 aromatic carbocycles. The lowest BCUT2D eigenvalue weighted by Gasteiger charge is -2.08. The van der Waals surface area contributed by atoms with Gasteiger partial charge in [-0.25, -0.2) is 9.07 Å². The van der Waals surface area contributed by atoms with Gasteiger partial charge in [-0.3, -0.25) is 0 Å². The van der Waals surface area contributed by atoms with Crippen LogP contribution in [0.1, 0.15) is 38.3 Å². The third kappa shape index (κ3) is 3.22. The smallest absolute Gasteiger partial charge is 0.132 e. The molecule has 0 aliphatic carbocycles. The number of halogens is 1. The summed E-state index contributed by atoms with van der Waals surface area (Å²) in [6.45, 7) is 2.61. The highest BCUT2D eigenvalue weighted by atomic mass is 19.1. The number of aliphatic hydroxyl groups is 1. The Kier molecular flexibility index (Phi) is 5.24. The number of aromatic nitrogens is 3. The van der Waals surface area contributed by atoms with Crippen LogP contribution >= 0.6 is 0 Å². The number of hydrogen-bond acceptors (Lipinski definition) is 3. The quantitative estimate of drug-likeness (QED) is 0.791. The number of aliphatic hydroxyl groups excluding tert-OH is 1. The first kappa shape index (κ1) is 14.7. The second-order valence-corrected chi connectivity index (χ2v) is 4.81. The van der Waals surface area contributed by atoms with Crippen LogP contribution in [0.2, 0.25) is 0 Å². The third-order valence-electron chi connectivity index (χ3n) is 3.31. The fourth-order valence-corrected chi connectivity index (χ4v) is 2.25. The van der Waals surface area contributed by atoms with Crippen molar-refractivity contribution in [1.29, 1.82) is 0 Å². The van der Waals surface area contributed by atoms with E-state index in [0.717, 1.165) is 12.8 Å². The predicted octanol–water partition coefficient (Wildman–Crippen LogP) is 3.16. The summed E-state index contributed by atoms with van der Waals surface area (Å²) in [7, 11) is 0. The molecule has 0 bridgehead atoms. The summed E-state index contributed by atoms with van der Waals surface area (Å²) in [5.74, 6) is -0.320. The molecule has 1 N–H and O–H groups in total. The summed E-state index contributed by atoms with van der Waals surface area (Å²) in [4.78, 5) is 0. The molecule has 0 spiro atoms. The summed E-state index contributed by atoms with van der Waals surface area (Å²) in [6.07, 6.45) is 4.43. The molecule has 0 unspecified atom stereocenters. The van der Waals surface area contributed by atoms with E-state index in [9.17, 15) is 9.50 Å². The summed E-state index contributed by atoms with van der Waals surface area (Å²) < 4.78 is 15.6. The molecule has 0 fully saturated rings. The molecule has 5 heteroatoms. The molecule has 0 aliphatic rings. The first-order valence-corrected chi connectivity index (χ1v) is 7.06. The van der Waals surface area contributed by atoms with Gasteiger partial charge in [0.15, 0.2) is 0 Å². The van der Waals surface area contributed by atoms with E-state index >= 15 is 0 Å². The van der Waals surface area contributed by atoms with Gasteiger partial charge in [-0.05, 0) is 18.6 Å². The molecule has 0 saturated heterocycles. The first-order chi connectivity index (χ1) is 9.77. The maximum atomic E-state index is 13.9. The Morgan fingerprint density at radius 3 is 2.70 bits per heavy atom. The van der Waals surface area contributed by atoms with Crippen LogP contribution in [0.25, 0.3) is 11.3 Å². The average Bonchev–Trinajstić information content (AvgIpc) is 2.87. The number of aryl methyl sites for hydroxylation is 1. The third-order valence-corrected chi connectivity index (χ3v) is 3.31.